The fourth-order valence-corrected chi connectivity index (χ4v) is 4.70. The molecule has 1 amide bonds. The van der Waals surface area contributed by atoms with Gasteiger partial charge >= 0.3 is 6.18 Å². The van der Waals surface area contributed by atoms with Gasteiger partial charge in [0.05, 0.1) is 10.8 Å². The predicted molar refractivity (Wildman–Crippen MR) is 105 cm³/mol. The number of sulfonamides is 1. The number of piperidine rings is 1. The molecule has 31 heavy (non-hydrogen) atoms. The molecule has 2 aromatic rings. The van der Waals surface area contributed by atoms with Crippen LogP contribution in [0.1, 0.15) is 12.8 Å². The van der Waals surface area contributed by atoms with Gasteiger partial charge in [-0.2, -0.15) is 17.5 Å². The number of hydrogen-bond acceptors (Lipinski definition) is 4. The number of halogens is 4. The standard InChI is InChI=1S/C20H20F4N2O4S/c21-15-3-9-18(10-4-15)31(28,29)26-11-1-2-14(12-26)19(27)25-16-5-7-17(8-6-16)30-13-20(22,23)24/h3-10,14H,1-2,11-13H2,(H,25,27)/t14-/m1/s1. The Bertz CT molecular complexity index is 1010. The van der Waals surface area contributed by atoms with E-state index in [-0.39, 0.29) is 23.7 Å². The molecule has 168 valence electrons. The number of benzene rings is 2. The van der Waals surface area contributed by atoms with Gasteiger partial charge in [-0.15, -0.1) is 0 Å². The predicted octanol–water partition coefficient (Wildman–Crippen LogP) is 3.81. The number of nitrogens with one attached hydrogen (secondary N) is 1. The highest BCUT2D eigenvalue weighted by molar-refractivity contribution is 7.89. The summed E-state index contributed by atoms with van der Waals surface area (Å²) in [4.78, 5) is 12.5. The molecular formula is C20H20F4N2O4S. The first-order valence-corrected chi connectivity index (χ1v) is 10.8. The summed E-state index contributed by atoms with van der Waals surface area (Å²) in [5, 5.41) is 2.64. The molecule has 3 rings (SSSR count). The largest absolute Gasteiger partial charge is 0.484 e. The number of carbonyl (C=O) groups is 1. The van der Waals surface area contributed by atoms with Crippen molar-refractivity contribution in [3.05, 3.63) is 54.3 Å². The summed E-state index contributed by atoms with van der Waals surface area (Å²) in [5.41, 5.74) is 0.350. The van der Waals surface area contributed by atoms with Crippen LogP contribution < -0.4 is 10.1 Å². The number of rotatable bonds is 6. The van der Waals surface area contributed by atoms with Crippen molar-refractivity contribution in [2.24, 2.45) is 5.92 Å². The van der Waals surface area contributed by atoms with Crippen molar-refractivity contribution in [3.63, 3.8) is 0 Å². The van der Waals surface area contributed by atoms with Crippen LogP contribution in [-0.4, -0.2) is 44.5 Å². The Morgan fingerprint density at radius 3 is 2.35 bits per heavy atom. The average Bonchev–Trinajstić information content (AvgIpc) is 2.73. The second kappa shape index (κ2) is 9.23. The lowest BCUT2D eigenvalue weighted by Gasteiger charge is -2.31. The van der Waals surface area contributed by atoms with Crippen LogP contribution in [0.2, 0.25) is 0 Å². The van der Waals surface area contributed by atoms with Crippen LogP contribution in [0.15, 0.2) is 53.4 Å². The Balaban J connectivity index is 1.61. The first-order valence-electron chi connectivity index (χ1n) is 9.41. The molecule has 0 aliphatic carbocycles. The van der Waals surface area contributed by atoms with Gasteiger partial charge in [-0.1, -0.05) is 0 Å². The van der Waals surface area contributed by atoms with Crippen molar-refractivity contribution >= 4 is 21.6 Å². The number of anilines is 1. The number of hydrogen-bond donors (Lipinski definition) is 1. The van der Waals surface area contributed by atoms with Gasteiger partial charge in [0.2, 0.25) is 15.9 Å². The van der Waals surface area contributed by atoms with Crippen molar-refractivity contribution in [2.45, 2.75) is 23.9 Å². The van der Waals surface area contributed by atoms with Crippen LogP contribution in [0.4, 0.5) is 23.2 Å². The molecule has 1 aliphatic rings. The molecule has 0 saturated carbocycles. The zero-order chi connectivity index (χ0) is 22.6. The number of nitrogens with zero attached hydrogens (tertiary/aromatic N) is 1. The molecule has 0 radical (unpaired) electrons. The van der Waals surface area contributed by atoms with Crippen molar-refractivity contribution in [3.8, 4) is 5.75 Å². The maximum atomic E-state index is 13.1. The van der Waals surface area contributed by atoms with E-state index < -0.39 is 40.4 Å². The summed E-state index contributed by atoms with van der Waals surface area (Å²) in [6.07, 6.45) is -3.50. The third kappa shape index (κ3) is 6.17. The zero-order valence-corrected chi connectivity index (χ0v) is 17.0. The van der Waals surface area contributed by atoms with E-state index in [0.29, 0.717) is 18.5 Å². The molecule has 0 unspecified atom stereocenters. The quantitative estimate of drug-likeness (QED) is 0.666. The Morgan fingerprint density at radius 2 is 1.74 bits per heavy atom. The highest BCUT2D eigenvalue weighted by Crippen LogP contribution is 2.26. The minimum Gasteiger partial charge on any atom is -0.484 e. The van der Waals surface area contributed by atoms with Crippen molar-refractivity contribution in [1.82, 2.24) is 4.31 Å². The Kier molecular flexibility index (Phi) is 6.85. The second-order valence-electron chi connectivity index (χ2n) is 7.07. The third-order valence-electron chi connectivity index (χ3n) is 4.73. The molecule has 1 N–H and O–H groups in total. The third-order valence-corrected chi connectivity index (χ3v) is 6.61. The van der Waals surface area contributed by atoms with Crippen LogP contribution in [0.5, 0.6) is 5.75 Å². The van der Waals surface area contributed by atoms with Crippen LogP contribution in [0.25, 0.3) is 0 Å². The summed E-state index contributed by atoms with van der Waals surface area (Å²) in [7, 11) is -3.86. The molecule has 6 nitrogen and oxygen atoms in total. The van der Waals surface area contributed by atoms with E-state index in [9.17, 15) is 30.8 Å². The van der Waals surface area contributed by atoms with E-state index in [1.807, 2.05) is 0 Å². The highest BCUT2D eigenvalue weighted by Gasteiger charge is 2.33. The van der Waals surface area contributed by atoms with Gasteiger partial charge in [0.15, 0.2) is 6.61 Å². The highest BCUT2D eigenvalue weighted by atomic mass is 32.2. The van der Waals surface area contributed by atoms with E-state index in [2.05, 4.69) is 10.1 Å². The summed E-state index contributed by atoms with van der Waals surface area (Å²) in [6.45, 7) is -1.20. The smallest absolute Gasteiger partial charge is 0.422 e. The average molecular weight is 460 g/mol. The first kappa shape index (κ1) is 23.0. The van der Waals surface area contributed by atoms with Crippen LogP contribution in [-0.2, 0) is 14.8 Å². The molecule has 1 fully saturated rings. The molecule has 11 heteroatoms. The van der Waals surface area contributed by atoms with E-state index in [1.54, 1.807) is 0 Å². The fraction of sp³-hybridized carbons (Fsp3) is 0.350. The maximum Gasteiger partial charge on any atom is 0.422 e. The summed E-state index contributed by atoms with van der Waals surface area (Å²) in [6, 6.07) is 9.87. The molecule has 0 spiro atoms. The molecule has 1 heterocycles. The fourth-order valence-electron chi connectivity index (χ4n) is 3.17. The molecule has 1 saturated heterocycles. The van der Waals surface area contributed by atoms with E-state index in [4.69, 9.17) is 0 Å². The van der Waals surface area contributed by atoms with Crippen molar-refractivity contribution in [2.75, 3.05) is 25.0 Å². The van der Waals surface area contributed by atoms with E-state index in [1.165, 1.54) is 40.7 Å². The minimum absolute atomic E-state index is 0.00422. The van der Waals surface area contributed by atoms with Crippen molar-refractivity contribution in [1.29, 1.82) is 0 Å². The van der Waals surface area contributed by atoms with Gasteiger partial charge in [0, 0.05) is 18.8 Å². The molecular weight excluding hydrogens is 440 g/mol. The number of amides is 1. The van der Waals surface area contributed by atoms with Gasteiger partial charge in [0.1, 0.15) is 11.6 Å². The van der Waals surface area contributed by atoms with Gasteiger partial charge in [-0.3, -0.25) is 4.79 Å². The normalized spacial score (nSPS) is 17.9. The van der Waals surface area contributed by atoms with Gasteiger partial charge < -0.3 is 10.1 Å². The van der Waals surface area contributed by atoms with E-state index in [0.717, 1.165) is 12.1 Å². The molecule has 0 aromatic heterocycles. The minimum atomic E-state index is -4.45. The number of carbonyl (C=O) groups excluding carboxylic acids is 1. The summed E-state index contributed by atoms with van der Waals surface area (Å²) in [5.74, 6) is -1.55. The number of alkyl halides is 3. The molecule has 1 aliphatic heterocycles. The Hall–Kier alpha value is -2.66. The van der Waals surface area contributed by atoms with Gasteiger partial charge in [-0.05, 0) is 61.4 Å². The zero-order valence-electron chi connectivity index (χ0n) is 16.2. The van der Waals surface area contributed by atoms with Crippen LogP contribution >= 0.6 is 0 Å². The van der Waals surface area contributed by atoms with Crippen LogP contribution in [0, 0.1) is 11.7 Å². The lowest BCUT2D eigenvalue weighted by molar-refractivity contribution is -0.153. The summed E-state index contributed by atoms with van der Waals surface area (Å²) >= 11 is 0. The molecule has 0 bridgehead atoms. The van der Waals surface area contributed by atoms with Crippen molar-refractivity contribution < 1.29 is 35.5 Å². The van der Waals surface area contributed by atoms with E-state index >= 15 is 0 Å². The topological polar surface area (TPSA) is 75.7 Å². The molecule has 1 atom stereocenters. The Labute approximate surface area is 176 Å². The summed E-state index contributed by atoms with van der Waals surface area (Å²) < 4.78 is 81.0. The van der Waals surface area contributed by atoms with Crippen LogP contribution in [0.3, 0.4) is 0 Å². The lowest BCUT2D eigenvalue weighted by Crippen LogP contribution is -2.43. The lowest BCUT2D eigenvalue weighted by atomic mass is 9.99. The Morgan fingerprint density at radius 1 is 1.10 bits per heavy atom. The first-order chi connectivity index (χ1) is 14.5. The number of ether oxygens (including phenoxy) is 1. The van der Waals surface area contributed by atoms with Gasteiger partial charge in [-0.25, -0.2) is 12.8 Å². The molecule has 2 aromatic carbocycles. The maximum absolute atomic E-state index is 13.1. The second-order valence-corrected chi connectivity index (χ2v) is 9.01. The van der Waals surface area contributed by atoms with Gasteiger partial charge in [0.25, 0.3) is 0 Å². The SMILES string of the molecule is O=C(Nc1ccc(OCC(F)(F)F)cc1)[C@@H]1CCCN(S(=O)(=O)c2ccc(F)cc2)C1. The monoisotopic (exact) mass is 460 g/mol.